The van der Waals surface area contributed by atoms with Gasteiger partial charge in [0.05, 0.1) is 0 Å². The smallest absolute Gasteiger partial charge is 0.219 e. The first-order chi connectivity index (χ1) is 10.6. The van der Waals surface area contributed by atoms with Crippen LogP contribution in [0.25, 0.3) is 0 Å². The molecule has 2 unspecified atom stereocenters. The largest absolute Gasteiger partial charge is 0.357 e. The number of carbonyl (C=O) groups is 1. The van der Waals surface area contributed by atoms with Gasteiger partial charge in [-0.1, -0.05) is 19.8 Å². The third-order valence-corrected chi connectivity index (χ3v) is 4.90. The van der Waals surface area contributed by atoms with Crippen molar-refractivity contribution in [3.63, 3.8) is 0 Å². The van der Waals surface area contributed by atoms with E-state index in [-0.39, 0.29) is 29.9 Å². The van der Waals surface area contributed by atoms with Gasteiger partial charge in [0.2, 0.25) is 5.91 Å². The Kier molecular flexibility index (Phi) is 9.24. The number of hydrogen-bond acceptors (Lipinski definition) is 2. The summed E-state index contributed by atoms with van der Waals surface area (Å²) in [6.07, 6.45) is 5.38. The molecule has 134 valence electrons. The SMILES string of the molecule is CCNC(=NCC1CCCC(C)C1)N1CCN(C(C)=O)CC1.I. The zero-order valence-corrected chi connectivity index (χ0v) is 17.2. The Balaban J connectivity index is 0.00000264. The molecule has 2 aliphatic rings. The predicted molar refractivity (Wildman–Crippen MR) is 106 cm³/mol. The van der Waals surface area contributed by atoms with Crippen molar-refractivity contribution in [3.05, 3.63) is 0 Å². The monoisotopic (exact) mass is 436 g/mol. The first kappa shape index (κ1) is 20.5. The second-order valence-corrected chi connectivity index (χ2v) is 6.83. The molecule has 1 saturated carbocycles. The highest BCUT2D eigenvalue weighted by Crippen LogP contribution is 2.28. The lowest BCUT2D eigenvalue weighted by atomic mass is 9.82. The molecule has 1 amide bonds. The van der Waals surface area contributed by atoms with Crippen LogP contribution in [0.2, 0.25) is 0 Å². The summed E-state index contributed by atoms with van der Waals surface area (Å²) in [5, 5.41) is 3.42. The van der Waals surface area contributed by atoms with E-state index in [1.165, 1.54) is 25.7 Å². The van der Waals surface area contributed by atoms with Crippen LogP contribution >= 0.6 is 24.0 Å². The van der Waals surface area contributed by atoms with Gasteiger partial charge in [0.15, 0.2) is 5.96 Å². The van der Waals surface area contributed by atoms with Crippen LogP contribution in [0.5, 0.6) is 0 Å². The topological polar surface area (TPSA) is 47.9 Å². The first-order valence-electron chi connectivity index (χ1n) is 8.89. The minimum absolute atomic E-state index is 0. The molecule has 0 aromatic heterocycles. The van der Waals surface area contributed by atoms with Gasteiger partial charge in [0.25, 0.3) is 0 Å². The summed E-state index contributed by atoms with van der Waals surface area (Å²) < 4.78 is 0. The number of rotatable bonds is 3. The Labute approximate surface area is 158 Å². The van der Waals surface area contributed by atoms with Gasteiger partial charge in [-0.15, -0.1) is 24.0 Å². The minimum Gasteiger partial charge on any atom is -0.357 e. The van der Waals surface area contributed by atoms with E-state index in [0.717, 1.165) is 57.1 Å². The Hall–Kier alpha value is -0.530. The Morgan fingerprint density at radius 2 is 1.83 bits per heavy atom. The summed E-state index contributed by atoms with van der Waals surface area (Å²) in [5.74, 6) is 2.81. The molecule has 1 heterocycles. The lowest BCUT2D eigenvalue weighted by Crippen LogP contribution is -2.53. The Bertz CT molecular complexity index is 394. The molecule has 1 aliphatic carbocycles. The molecule has 0 aromatic rings. The van der Waals surface area contributed by atoms with Crippen LogP contribution in [0.1, 0.15) is 46.5 Å². The van der Waals surface area contributed by atoms with Crippen molar-refractivity contribution in [2.75, 3.05) is 39.3 Å². The lowest BCUT2D eigenvalue weighted by molar-refractivity contribution is -0.130. The molecular weight excluding hydrogens is 403 g/mol. The van der Waals surface area contributed by atoms with Crippen LogP contribution in [0.4, 0.5) is 0 Å². The lowest BCUT2D eigenvalue weighted by Gasteiger charge is -2.36. The molecule has 6 heteroatoms. The van der Waals surface area contributed by atoms with E-state index in [1.54, 1.807) is 6.92 Å². The third-order valence-electron chi connectivity index (χ3n) is 4.90. The van der Waals surface area contributed by atoms with E-state index in [0.29, 0.717) is 0 Å². The molecule has 2 rings (SSSR count). The summed E-state index contributed by atoms with van der Waals surface area (Å²) >= 11 is 0. The molecule has 2 fully saturated rings. The number of nitrogens with zero attached hydrogens (tertiary/aromatic N) is 3. The van der Waals surface area contributed by atoms with Crippen LogP contribution in [-0.4, -0.2) is 60.9 Å². The molecule has 0 bridgehead atoms. The average Bonchev–Trinajstić information content (AvgIpc) is 2.51. The van der Waals surface area contributed by atoms with Crippen molar-refractivity contribution in [1.82, 2.24) is 15.1 Å². The van der Waals surface area contributed by atoms with E-state index >= 15 is 0 Å². The average molecular weight is 436 g/mol. The van der Waals surface area contributed by atoms with Crippen molar-refractivity contribution in [2.24, 2.45) is 16.8 Å². The number of carbonyl (C=O) groups excluding carboxylic acids is 1. The number of nitrogens with one attached hydrogen (secondary N) is 1. The second-order valence-electron chi connectivity index (χ2n) is 6.83. The van der Waals surface area contributed by atoms with Crippen molar-refractivity contribution in [2.45, 2.75) is 46.5 Å². The number of aliphatic imine (C=N–C) groups is 1. The van der Waals surface area contributed by atoms with E-state index in [2.05, 4.69) is 24.1 Å². The van der Waals surface area contributed by atoms with Gasteiger partial charge in [-0.3, -0.25) is 9.79 Å². The second kappa shape index (κ2) is 10.4. The molecule has 1 N–H and O–H groups in total. The van der Waals surface area contributed by atoms with Gasteiger partial charge in [-0.2, -0.15) is 0 Å². The summed E-state index contributed by atoms with van der Waals surface area (Å²) in [6.45, 7) is 11.3. The molecular formula is C17H33IN4O. The number of piperazine rings is 1. The molecule has 5 nitrogen and oxygen atoms in total. The fraction of sp³-hybridized carbons (Fsp3) is 0.882. The summed E-state index contributed by atoms with van der Waals surface area (Å²) in [4.78, 5) is 20.5. The van der Waals surface area contributed by atoms with Gasteiger partial charge in [-0.25, -0.2) is 0 Å². The zero-order valence-electron chi connectivity index (χ0n) is 14.9. The van der Waals surface area contributed by atoms with E-state index in [9.17, 15) is 4.79 Å². The molecule has 1 saturated heterocycles. The molecule has 0 spiro atoms. The highest BCUT2D eigenvalue weighted by atomic mass is 127. The normalized spacial score (nSPS) is 25.8. The van der Waals surface area contributed by atoms with Gasteiger partial charge >= 0.3 is 0 Å². The van der Waals surface area contributed by atoms with Crippen LogP contribution in [-0.2, 0) is 4.79 Å². The molecule has 0 aromatic carbocycles. The number of amides is 1. The maximum absolute atomic E-state index is 11.4. The standard InChI is InChI=1S/C17H32N4O.HI/c1-4-18-17(19-13-16-7-5-6-14(2)12-16)21-10-8-20(9-11-21)15(3)22;/h14,16H,4-13H2,1-3H3,(H,18,19);1H. The van der Waals surface area contributed by atoms with E-state index in [1.807, 2.05) is 4.90 Å². The quantitative estimate of drug-likeness (QED) is 0.420. The van der Waals surface area contributed by atoms with Gasteiger partial charge < -0.3 is 15.1 Å². The summed E-state index contributed by atoms with van der Waals surface area (Å²) in [7, 11) is 0. The van der Waals surface area contributed by atoms with Gasteiger partial charge in [0, 0.05) is 46.2 Å². The molecule has 23 heavy (non-hydrogen) atoms. The van der Waals surface area contributed by atoms with Crippen LogP contribution in [0, 0.1) is 11.8 Å². The van der Waals surface area contributed by atoms with Crippen LogP contribution in [0.3, 0.4) is 0 Å². The van der Waals surface area contributed by atoms with Crippen molar-refractivity contribution in [3.8, 4) is 0 Å². The fourth-order valence-corrected chi connectivity index (χ4v) is 3.60. The van der Waals surface area contributed by atoms with Crippen molar-refractivity contribution < 1.29 is 4.79 Å². The van der Waals surface area contributed by atoms with Crippen LogP contribution < -0.4 is 5.32 Å². The van der Waals surface area contributed by atoms with Gasteiger partial charge in [-0.05, 0) is 31.6 Å². The maximum Gasteiger partial charge on any atom is 0.219 e. The highest BCUT2D eigenvalue weighted by Gasteiger charge is 2.22. The Morgan fingerprint density at radius 3 is 2.39 bits per heavy atom. The summed E-state index contributed by atoms with van der Waals surface area (Å²) in [6, 6.07) is 0. The van der Waals surface area contributed by atoms with Crippen molar-refractivity contribution in [1.29, 1.82) is 0 Å². The maximum atomic E-state index is 11.4. The minimum atomic E-state index is 0. The predicted octanol–water partition coefficient (Wildman–Crippen LogP) is 2.56. The molecule has 0 radical (unpaired) electrons. The zero-order chi connectivity index (χ0) is 15.9. The summed E-state index contributed by atoms with van der Waals surface area (Å²) in [5.41, 5.74) is 0. The highest BCUT2D eigenvalue weighted by molar-refractivity contribution is 14.0. The van der Waals surface area contributed by atoms with Crippen LogP contribution in [0.15, 0.2) is 4.99 Å². The Morgan fingerprint density at radius 1 is 1.17 bits per heavy atom. The van der Waals surface area contributed by atoms with E-state index in [4.69, 9.17) is 4.99 Å². The number of halogens is 1. The van der Waals surface area contributed by atoms with E-state index < -0.39 is 0 Å². The third kappa shape index (κ3) is 6.47. The molecule has 2 atom stereocenters. The first-order valence-corrected chi connectivity index (χ1v) is 8.89. The fourth-order valence-electron chi connectivity index (χ4n) is 3.60. The van der Waals surface area contributed by atoms with Gasteiger partial charge in [0.1, 0.15) is 0 Å². The number of hydrogen-bond donors (Lipinski definition) is 1. The number of guanidine groups is 1. The molecule has 1 aliphatic heterocycles. The van der Waals surface area contributed by atoms with Crippen molar-refractivity contribution >= 4 is 35.8 Å².